The Morgan fingerprint density at radius 2 is 1.30 bits per heavy atom. The highest BCUT2D eigenvalue weighted by Gasteiger charge is 2.21. The molecule has 40 heavy (non-hydrogen) atoms. The minimum atomic E-state index is -3.84. The summed E-state index contributed by atoms with van der Waals surface area (Å²) in [4.78, 5) is 13.0. The third-order valence-corrected chi connectivity index (χ3v) is 9.21. The molecule has 0 fully saturated rings. The first-order chi connectivity index (χ1) is 19.0. The molecule has 0 spiro atoms. The average molecular weight is 580 g/mol. The summed E-state index contributed by atoms with van der Waals surface area (Å²) in [7, 11) is -6.15. The summed E-state index contributed by atoms with van der Waals surface area (Å²) in [5, 5.41) is 2.71. The Kier molecular flexibility index (Phi) is 8.46. The van der Waals surface area contributed by atoms with Crippen molar-refractivity contribution in [3.8, 4) is 5.75 Å². The van der Waals surface area contributed by atoms with Gasteiger partial charge in [-0.05, 0) is 98.8 Å². The number of rotatable bonds is 10. The van der Waals surface area contributed by atoms with E-state index in [1.165, 1.54) is 43.4 Å². The molecule has 0 aliphatic rings. The van der Waals surface area contributed by atoms with E-state index < -0.39 is 26.0 Å². The molecule has 0 aromatic heterocycles. The van der Waals surface area contributed by atoms with Gasteiger partial charge in [-0.2, -0.15) is 0 Å². The molecular formula is C29H29N3O6S2. The van der Waals surface area contributed by atoms with Gasteiger partial charge in [0.2, 0.25) is 0 Å². The smallest absolute Gasteiger partial charge is 0.264 e. The van der Waals surface area contributed by atoms with Crippen molar-refractivity contribution in [3.05, 3.63) is 108 Å². The number of carbonyl (C=O) groups is 1. The number of anilines is 3. The van der Waals surface area contributed by atoms with Crippen molar-refractivity contribution in [2.75, 3.05) is 28.0 Å². The van der Waals surface area contributed by atoms with Crippen LogP contribution in [0, 0.1) is 6.92 Å². The number of hydrogen-bond donors (Lipinski definition) is 2. The lowest BCUT2D eigenvalue weighted by Gasteiger charge is -2.20. The average Bonchev–Trinajstić information content (AvgIpc) is 2.94. The summed E-state index contributed by atoms with van der Waals surface area (Å²) in [6.45, 7) is 4.25. The third kappa shape index (κ3) is 6.61. The topological polar surface area (TPSA) is 122 Å². The standard InChI is InChI=1S/C29H29N3O6S2/c1-4-38-26-15-9-24(10-16-26)31-39(34,35)27-19-11-23(12-20-27)30-29(33)22-7-13-25(14-8-22)32(3)40(36,37)28-17-5-21(2)6-18-28/h5-20,31H,4H2,1-3H3,(H,30,33). The molecule has 4 rings (SSSR count). The summed E-state index contributed by atoms with van der Waals surface area (Å²) >= 11 is 0. The second kappa shape index (κ2) is 11.8. The molecule has 0 aliphatic heterocycles. The Morgan fingerprint density at radius 3 is 1.88 bits per heavy atom. The number of nitrogens with one attached hydrogen (secondary N) is 2. The van der Waals surface area contributed by atoms with Crippen LogP contribution in [0.1, 0.15) is 22.8 Å². The van der Waals surface area contributed by atoms with E-state index in [0.29, 0.717) is 35.0 Å². The number of benzene rings is 4. The van der Waals surface area contributed by atoms with Crippen molar-refractivity contribution in [2.24, 2.45) is 0 Å². The van der Waals surface area contributed by atoms with E-state index in [-0.39, 0.29) is 9.79 Å². The summed E-state index contributed by atoms with van der Waals surface area (Å²) in [5.74, 6) is 0.207. The van der Waals surface area contributed by atoms with Gasteiger partial charge in [0.1, 0.15) is 5.75 Å². The number of carbonyl (C=O) groups excluding carboxylic acids is 1. The molecule has 0 aliphatic carbocycles. The van der Waals surface area contributed by atoms with Crippen LogP contribution in [0.15, 0.2) is 107 Å². The Morgan fingerprint density at radius 1 is 0.750 bits per heavy atom. The van der Waals surface area contributed by atoms with Crippen LogP contribution >= 0.6 is 0 Å². The fourth-order valence-electron chi connectivity index (χ4n) is 3.75. The highest BCUT2D eigenvalue weighted by atomic mass is 32.2. The van der Waals surface area contributed by atoms with E-state index in [1.807, 2.05) is 13.8 Å². The molecule has 11 heteroatoms. The lowest BCUT2D eigenvalue weighted by atomic mass is 10.2. The second-order valence-corrected chi connectivity index (χ2v) is 12.5. The van der Waals surface area contributed by atoms with Crippen LogP contribution in [0.5, 0.6) is 5.75 Å². The van der Waals surface area contributed by atoms with Gasteiger partial charge in [0.25, 0.3) is 26.0 Å². The molecule has 4 aromatic carbocycles. The van der Waals surface area contributed by atoms with Crippen molar-refractivity contribution >= 4 is 43.0 Å². The van der Waals surface area contributed by atoms with Crippen LogP contribution in [0.4, 0.5) is 17.1 Å². The highest BCUT2D eigenvalue weighted by molar-refractivity contribution is 7.93. The summed E-state index contributed by atoms with van der Waals surface area (Å²) in [6.07, 6.45) is 0. The van der Waals surface area contributed by atoms with Crippen molar-refractivity contribution in [3.63, 3.8) is 0 Å². The van der Waals surface area contributed by atoms with Gasteiger partial charge in [-0.15, -0.1) is 0 Å². The van der Waals surface area contributed by atoms with Crippen LogP contribution in [0.2, 0.25) is 0 Å². The zero-order valence-electron chi connectivity index (χ0n) is 22.2. The van der Waals surface area contributed by atoms with Gasteiger partial charge in [0.05, 0.1) is 22.1 Å². The first-order valence-electron chi connectivity index (χ1n) is 12.3. The van der Waals surface area contributed by atoms with Crippen LogP contribution < -0.4 is 19.1 Å². The molecule has 9 nitrogen and oxygen atoms in total. The van der Waals surface area contributed by atoms with E-state index in [9.17, 15) is 21.6 Å². The molecule has 2 N–H and O–H groups in total. The highest BCUT2D eigenvalue weighted by Crippen LogP contribution is 2.24. The van der Waals surface area contributed by atoms with Gasteiger partial charge < -0.3 is 10.1 Å². The van der Waals surface area contributed by atoms with Gasteiger partial charge in [-0.1, -0.05) is 17.7 Å². The minimum absolute atomic E-state index is 0.0292. The van der Waals surface area contributed by atoms with Crippen molar-refractivity contribution in [1.29, 1.82) is 0 Å². The van der Waals surface area contributed by atoms with Gasteiger partial charge in [0, 0.05) is 24.0 Å². The van der Waals surface area contributed by atoms with E-state index >= 15 is 0 Å². The first-order valence-corrected chi connectivity index (χ1v) is 15.2. The van der Waals surface area contributed by atoms with E-state index in [4.69, 9.17) is 4.74 Å². The number of ether oxygens (including phenoxy) is 1. The fraction of sp³-hybridized carbons (Fsp3) is 0.138. The van der Waals surface area contributed by atoms with Crippen molar-refractivity contribution in [2.45, 2.75) is 23.6 Å². The first kappa shape index (κ1) is 28.7. The molecule has 0 radical (unpaired) electrons. The van der Waals surface area contributed by atoms with E-state index in [2.05, 4.69) is 10.0 Å². The Balaban J connectivity index is 1.40. The fourth-order valence-corrected chi connectivity index (χ4v) is 6.00. The van der Waals surface area contributed by atoms with Gasteiger partial charge in [-0.3, -0.25) is 13.8 Å². The molecule has 0 unspecified atom stereocenters. The monoisotopic (exact) mass is 579 g/mol. The van der Waals surface area contributed by atoms with Crippen LogP contribution in [-0.2, 0) is 20.0 Å². The second-order valence-electron chi connectivity index (χ2n) is 8.87. The number of sulfonamides is 2. The molecule has 208 valence electrons. The Bertz CT molecular complexity index is 1690. The van der Waals surface area contributed by atoms with Crippen LogP contribution in [-0.4, -0.2) is 36.4 Å². The molecule has 0 saturated carbocycles. The largest absolute Gasteiger partial charge is 0.494 e. The summed E-state index contributed by atoms with van der Waals surface area (Å²) in [6, 6.07) is 25.0. The zero-order valence-corrected chi connectivity index (χ0v) is 23.8. The maximum Gasteiger partial charge on any atom is 0.264 e. The molecule has 0 bridgehead atoms. The van der Waals surface area contributed by atoms with Gasteiger partial charge in [-0.25, -0.2) is 16.8 Å². The summed E-state index contributed by atoms with van der Waals surface area (Å²) < 4.78 is 60.4. The van der Waals surface area contributed by atoms with Crippen molar-refractivity contribution < 1.29 is 26.4 Å². The van der Waals surface area contributed by atoms with Crippen LogP contribution in [0.3, 0.4) is 0 Å². The predicted molar refractivity (Wildman–Crippen MR) is 156 cm³/mol. The molecule has 4 aromatic rings. The molecular weight excluding hydrogens is 550 g/mol. The Labute approximate surface area is 234 Å². The van der Waals surface area contributed by atoms with E-state index in [1.54, 1.807) is 60.7 Å². The number of aryl methyl sites for hydroxylation is 1. The third-order valence-electron chi connectivity index (χ3n) is 6.01. The molecule has 0 atom stereocenters. The molecule has 1 amide bonds. The number of hydrogen-bond acceptors (Lipinski definition) is 6. The normalized spacial score (nSPS) is 11.5. The SMILES string of the molecule is CCOc1ccc(NS(=O)(=O)c2ccc(NC(=O)c3ccc(N(C)S(=O)(=O)c4ccc(C)cc4)cc3)cc2)cc1. The quantitative estimate of drug-likeness (QED) is 0.264. The predicted octanol–water partition coefficient (Wildman–Crippen LogP) is 5.27. The van der Waals surface area contributed by atoms with Gasteiger partial charge >= 0.3 is 0 Å². The number of nitrogens with zero attached hydrogens (tertiary/aromatic N) is 1. The molecule has 0 heterocycles. The number of amides is 1. The summed E-state index contributed by atoms with van der Waals surface area (Å²) in [5.41, 5.74) is 2.44. The molecule has 0 saturated heterocycles. The minimum Gasteiger partial charge on any atom is -0.494 e. The Hall–Kier alpha value is -4.35. The lowest BCUT2D eigenvalue weighted by Crippen LogP contribution is -2.26. The lowest BCUT2D eigenvalue weighted by molar-refractivity contribution is 0.102. The maximum absolute atomic E-state index is 12.9. The zero-order chi connectivity index (χ0) is 28.9. The van der Waals surface area contributed by atoms with E-state index in [0.717, 1.165) is 9.87 Å². The van der Waals surface area contributed by atoms with Gasteiger partial charge in [0.15, 0.2) is 0 Å². The maximum atomic E-state index is 12.9. The van der Waals surface area contributed by atoms with Crippen LogP contribution in [0.25, 0.3) is 0 Å². The van der Waals surface area contributed by atoms with Crippen molar-refractivity contribution in [1.82, 2.24) is 0 Å².